The number of benzene rings is 3. The molecule has 3 rings (SSSR count). The Morgan fingerprint density at radius 2 is 1.31 bits per heavy atom. The fourth-order valence-corrected chi connectivity index (χ4v) is 6.74. The number of hydrogen-bond donors (Lipinski definition) is 2. The van der Waals surface area contributed by atoms with Crippen molar-refractivity contribution >= 4 is 21.8 Å². The highest BCUT2D eigenvalue weighted by molar-refractivity contribution is 7.91. The molecular formula is C31H36O7S. The van der Waals surface area contributed by atoms with Gasteiger partial charge < -0.3 is 14.9 Å². The summed E-state index contributed by atoms with van der Waals surface area (Å²) >= 11 is 0. The number of methoxy groups -OCH3 is 1. The van der Waals surface area contributed by atoms with E-state index in [1.165, 1.54) is 36.9 Å². The summed E-state index contributed by atoms with van der Waals surface area (Å²) in [5.41, 5.74) is 2.44. The zero-order chi connectivity index (χ0) is 28.3. The van der Waals surface area contributed by atoms with E-state index in [0.29, 0.717) is 12.0 Å². The Morgan fingerprint density at radius 1 is 0.744 bits per heavy atom. The lowest BCUT2D eigenvalue weighted by molar-refractivity contribution is -0.148. The summed E-state index contributed by atoms with van der Waals surface area (Å²) in [5.74, 6) is -2.57. The van der Waals surface area contributed by atoms with Gasteiger partial charge in [-0.3, -0.25) is 0 Å². The minimum Gasteiger partial charge on any atom is -0.479 e. The molecule has 8 heteroatoms. The predicted molar refractivity (Wildman–Crippen MR) is 150 cm³/mol. The van der Waals surface area contributed by atoms with Gasteiger partial charge in [0, 0.05) is 7.11 Å². The van der Waals surface area contributed by atoms with E-state index in [4.69, 9.17) is 9.84 Å². The Labute approximate surface area is 230 Å². The first kappa shape index (κ1) is 30.1. The van der Waals surface area contributed by atoms with Crippen LogP contribution in [0, 0.1) is 0 Å². The molecule has 3 aromatic carbocycles. The molecule has 0 unspecified atom stereocenters. The minimum atomic E-state index is -4.24. The first-order valence-corrected chi connectivity index (χ1v) is 14.7. The van der Waals surface area contributed by atoms with Gasteiger partial charge in [-0.2, -0.15) is 0 Å². The zero-order valence-corrected chi connectivity index (χ0v) is 23.0. The lowest BCUT2D eigenvalue weighted by atomic mass is 9.96. The lowest BCUT2D eigenvalue weighted by Gasteiger charge is -2.25. The number of hydrogen-bond acceptors (Lipinski definition) is 5. The molecule has 2 N–H and O–H groups in total. The second-order valence-electron chi connectivity index (χ2n) is 9.60. The Bertz CT molecular complexity index is 1320. The number of aryl methyl sites for hydroxylation is 2. The van der Waals surface area contributed by atoms with Gasteiger partial charge in [-0.25, -0.2) is 18.0 Å². The van der Waals surface area contributed by atoms with Crippen molar-refractivity contribution in [2.45, 2.75) is 67.6 Å². The van der Waals surface area contributed by atoms with Crippen LogP contribution in [0.1, 0.15) is 70.8 Å². The summed E-state index contributed by atoms with van der Waals surface area (Å²) in [6, 6.07) is 22.2. The van der Waals surface area contributed by atoms with Crippen LogP contribution in [0.25, 0.3) is 0 Å². The maximum absolute atomic E-state index is 13.8. The average Bonchev–Trinajstić information content (AvgIpc) is 2.93. The zero-order valence-electron chi connectivity index (χ0n) is 22.2. The molecule has 0 amide bonds. The Balaban J connectivity index is 1.70. The SMILES string of the molecule is CO[C@@H](C(=O)O)[C@@H](c1ccccc1CCCCCCCCc1ccccc1)S(=O)(=O)c1ccc(C(=O)O)cc1. The van der Waals surface area contributed by atoms with Crippen molar-refractivity contribution in [1.29, 1.82) is 0 Å². The molecule has 0 aliphatic rings. The van der Waals surface area contributed by atoms with Gasteiger partial charge in [-0.15, -0.1) is 0 Å². The molecule has 2 atom stereocenters. The normalized spacial score (nSPS) is 13.1. The van der Waals surface area contributed by atoms with Crippen LogP contribution in [0.3, 0.4) is 0 Å². The second kappa shape index (κ2) is 14.6. The van der Waals surface area contributed by atoms with Gasteiger partial charge in [0.15, 0.2) is 15.9 Å². The number of aliphatic carboxylic acids is 1. The number of carbonyl (C=O) groups is 2. The number of carboxylic acid groups (broad SMARTS) is 2. The molecule has 39 heavy (non-hydrogen) atoms. The minimum absolute atomic E-state index is 0.0625. The highest BCUT2D eigenvalue weighted by Crippen LogP contribution is 2.36. The third-order valence-corrected chi connectivity index (χ3v) is 9.00. The van der Waals surface area contributed by atoms with Gasteiger partial charge >= 0.3 is 11.9 Å². The summed E-state index contributed by atoms with van der Waals surface area (Å²) in [5, 5.41) is 17.5. The molecule has 0 heterocycles. The van der Waals surface area contributed by atoms with Crippen molar-refractivity contribution in [1.82, 2.24) is 0 Å². The first-order chi connectivity index (χ1) is 18.8. The van der Waals surface area contributed by atoms with E-state index in [2.05, 4.69) is 24.3 Å². The topological polar surface area (TPSA) is 118 Å². The maximum atomic E-state index is 13.8. The summed E-state index contributed by atoms with van der Waals surface area (Å²) in [6.45, 7) is 0. The van der Waals surface area contributed by atoms with Crippen LogP contribution in [0.4, 0.5) is 0 Å². The summed E-state index contributed by atoms with van der Waals surface area (Å²) < 4.78 is 32.7. The van der Waals surface area contributed by atoms with E-state index in [1.54, 1.807) is 12.1 Å². The van der Waals surface area contributed by atoms with Crippen molar-refractivity contribution in [3.05, 3.63) is 101 Å². The molecule has 208 valence electrons. The number of carboxylic acids is 2. The standard InChI is InChI=1S/C31H36O7S/c1-38-28(31(34)35)29(39(36,37)26-21-19-25(20-22-26)30(32)33)27-18-12-11-17-24(27)16-10-5-3-2-4-7-13-23-14-8-6-9-15-23/h6,8-9,11-12,14-15,17-22,28-29H,2-5,7,10,13,16H2,1H3,(H,32,33)(H,34,35)/t28-,29-/m1/s1. The molecular weight excluding hydrogens is 516 g/mol. The molecule has 3 aromatic rings. The molecule has 0 radical (unpaired) electrons. The average molecular weight is 553 g/mol. The fourth-order valence-electron chi connectivity index (χ4n) is 4.82. The highest BCUT2D eigenvalue weighted by atomic mass is 32.2. The molecule has 0 spiro atoms. The molecule has 0 bridgehead atoms. The summed E-state index contributed by atoms with van der Waals surface area (Å²) in [7, 11) is -3.07. The number of sulfone groups is 1. The van der Waals surface area contributed by atoms with E-state index < -0.39 is 33.1 Å². The first-order valence-electron chi connectivity index (χ1n) is 13.2. The van der Waals surface area contributed by atoms with Crippen LogP contribution in [-0.2, 0) is 32.2 Å². The van der Waals surface area contributed by atoms with Crippen LogP contribution in [0.15, 0.2) is 83.8 Å². The molecule has 0 aromatic heterocycles. The van der Waals surface area contributed by atoms with E-state index in [-0.39, 0.29) is 10.5 Å². The third-order valence-electron chi connectivity index (χ3n) is 6.90. The number of rotatable bonds is 16. The van der Waals surface area contributed by atoms with Crippen LogP contribution >= 0.6 is 0 Å². The summed E-state index contributed by atoms with van der Waals surface area (Å²) in [4.78, 5) is 23.1. The molecule has 0 aliphatic carbocycles. The van der Waals surface area contributed by atoms with Crippen LogP contribution in [0.2, 0.25) is 0 Å². The van der Waals surface area contributed by atoms with Crippen molar-refractivity contribution < 1.29 is 33.0 Å². The number of unbranched alkanes of at least 4 members (excludes halogenated alkanes) is 5. The van der Waals surface area contributed by atoms with Crippen LogP contribution < -0.4 is 0 Å². The molecule has 0 fully saturated rings. The van der Waals surface area contributed by atoms with Gasteiger partial charge in [0.2, 0.25) is 0 Å². The van der Waals surface area contributed by atoms with Crippen molar-refractivity contribution in [2.75, 3.05) is 7.11 Å². The smallest absolute Gasteiger partial charge is 0.335 e. The van der Waals surface area contributed by atoms with Crippen LogP contribution in [0.5, 0.6) is 0 Å². The number of ether oxygens (including phenoxy) is 1. The van der Waals surface area contributed by atoms with E-state index in [0.717, 1.165) is 50.5 Å². The second-order valence-corrected chi connectivity index (χ2v) is 11.7. The Morgan fingerprint density at radius 3 is 1.90 bits per heavy atom. The summed E-state index contributed by atoms with van der Waals surface area (Å²) in [6.07, 6.45) is 6.38. The quantitative estimate of drug-likeness (QED) is 0.205. The van der Waals surface area contributed by atoms with Crippen molar-refractivity contribution in [3.8, 4) is 0 Å². The van der Waals surface area contributed by atoms with Crippen molar-refractivity contribution in [2.24, 2.45) is 0 Å². The van der Waals surface area contributed by atoms with E-state index in [9.17, 15) is 23.1 Å². The number of aromatic carboxylic acids is 1. The molecule has 0 aliphatic heterocycles. The van der Waals surface area contributed by atoms with Crippen LogP contribution in [-0.4, -0.2) is 43.8 Å². The Kier molecular flexibility index (Phi) is 11.3. The lowest BCUT2D eigenvalue weighted by Crippen LogP contribution is -2.35. The maximum Gasteiger partial charge on any atom is 0.335 e. The van der Waals surface area contributed by atoms with Crippen molar-refractivity contribution in [3.63, 3.8) is 0 Å². The van der Waals surface area contributed by atoms with E-state index in [1.807, 2.05) is 18.2 Å². The van der Waals surface area contributed by atoms with Gasteiger partial charge in [-0.05, 0) is 66.6 Å². The molecule has 0 saturated carbocycles. The highest BCUT2D eigenvalue weighted by Gasteiger charge is 2.41. The monoisotopic (exact) mass is 552 g/mol. The third kappa shape index (κ3) is 8.25. The largest absolute Gasteiger partial charge is 0.479 e. The van der Waals surface area contributed by atoms with E-state index >= 15 is 0 Å². The predicted octanol–water partition coefficient (Wildman–Crippen LogP) is 6.13. The van der Waals surface area contributed by atoms with Gasteiger partial charge in [-0.1, -0.05) is 80.3 Å². The molecule has 0 saturated heterocycles. The van der Waals surface area contributed by atoms with Gasteiger partial charge in [0.1, 0.15) is 5.25 Å². The molecule has 7 nitrogen and oxygen atoms in total. The van der Waals surface area contributed by atoms with Gasteiger partial charge in [0.25, 0.3) is 0 Å². The fraction of sp³-hybridized carbons (Fsp3) is 0.355. The Hall–Kier alpha value is -3.49. The van der Waals surface area contributed by atoms with Gasteiger partial charge in [0.05, 0.1) is 10.5 Å².